The van der Waals surface area contributed by atoms with E-state index in [9.17, 15) is 19.7 Å². The van der Waals surface area contributed by atoms with Crippen LogP contribution in [0.4, 0.5) is 21.9 Å². The van der Waals surface area contributed by atoms with Crippen molar-refractivity contribution >= 4 is 29.1 Å². The van der Waals surface area contributed by atoms with Crippen LogP contribution in [0.25, 0.3) is 0 Å². The van der Waals surface area contributed by atoms with Gasteiger partial charge in [0.2, 0.25) is 0 Å². The van der Waals surface area contributed by atoms with Crippen molar-refractivity contribution in [1.82, 2.24) is 0 Å². The number of anilines is 2. The predicted octanol–water partition coefficient (Wildman–Crippen LogP) is 4.03. The normalized spacial score (nSPS) is 10.1. The summed E-state index contributed by atoms with van der Waals surface area (Å²) in [5.41, 5.74) is 1.64. The average Bonchev–Trinajstić information content (AvgIpc) is 2.58. The number of carbonyl (C=O) groups excluding carboxylic acids is 2. The summed E-state index contributed by atoms with van der Waals surface area (Å²) in [5, 5.41) is 16.5. The lowest BCUT2D eigenvalue weighted by molar-refractivity contribution is -0.385. The van der Waals surface area contributed by atoms with Crippen molar-refractivity contribution in [2.45, 2.75) is 20.8 Å². The number of ether oxygens (including phenoxy) is 1. The van der Waals surface area contributed by atoms with E-state index in [0.717, 1.165) is 0 Å². The topological polar surface area (TPSA) is 111 Å². The Morgan fingerprint density at radius 1 is 1.08 bits per heavy atom. The van der Waals surface area contributed by atoms with Crippen molar-refractivity contribution in [2.24, 2.45) is 0 Å². The van der Waals surface area contributed by atoms with Crippen LogP contribution in [-0.2, 0) is 4.74 Å². The Morgan fingerprint density at radius 3 is 2.31 bits per heavy atom. The van der Waals surface area contributed by atoms with Crippen molar-refractivity contribution in [3.8, 4) is 0 Å². The lowest BCUT2D eigenvalue weighted by Gasteiger charge is -2.13. The highest BCUT2D eigenvalue weighted by atomic mass is 16.6. The molecule has 2 amide bonds. The second-order valence-electron chi connectivity index (χ2n) is 5.51. The number of aryl methyl sites for hydroxylation is 1. The van der Waals surface area contributed by atoms with Gasteiger partial charge in [-0.25, -0.2) is 4.79 Å². The van der Waals surface area contributed by atoms with Crippen molar-refractivity contribution < 1.29 is 19.2 Å². The molecule has 0 unspecified atom stereocenters. The zero-order valence-electron chi connectivity index (χ0n) is 14.7. The third-order valence-corrected chi connectivity index (χ3v) is 3.76. The van der Waals surface area contributed by atoms with E-state index in [1.54, 1.807) is 51.1 Å². The van der Waals surface area contributed by atoms with Gasteiger partial charge in [-0.05, 0) is 44.5 Å². The van der Waals surface area contributed by atoms with Crippen LogP contribution in [0.3, 0.4) is 0 Å². The van der Waals surface area contributed by atoms with Crippen LogP contribution in [0.5, 0.6) is 0 Å². The molecule has 8 heteroatoms. The zero-order valence-corrected chi connectivity index (χ0v) is 14.7. The van der Waals surface area contributed by atoms with Gasteiger partial charge >= 0.3 is 6.09 Å². The molecule has 0 fully saturated rings. The highest BCUT2D eigenvalue weighted by Crippen LogP contribution is 2.27. The van der Waals surface area contributed by atoms with E-state index < -0.39 is 16.9 Å². The second kappa shape index (κ2) is 8.11. The number of rotatable bonds is 5. The molecule has 2 aromatic rings. The molecule has 0 aromatic heterocycles. The Bertz CT molecular complexity index is 864. The number of carbonyl (C=O) groups is 2. The van der Waals surface area contributed by atoms with Gasteiger partial charge in [-0.2, -0.15) is 0 Å². The van der Waals surface area contributed by atoms with E-state index in [2.05, 4.69) is 10.6 Å². The molecular formula is C18H19N3O5. The molecule has 0 aliphatic heterocycles. The molecule has 136 valence electrons. The number of nitro groups is 1. The third-order valence-electron chi connectivity index (χ3n) is 3.76. The molecule has 2 rings (SSSR count). The van der Waals surface area contributed by atoms with E-state index >= 15 is 0 Å². The van der Waals surface area contributed by atoms with Crippen LogP contribution >= 0.6 is 0 Å². The first kappa shape index (κ1) is 18.9. The third kappa shape index (κ3) is 4.15. The number of nitrogens with zero attached hydrogens (tertiary/aromatic N) is 1. The second-order valence-corrected chi connectivity index (χ2v) is 5.51. The number of hydrogen-bond acceptors (Lipinski definition) is 5. The molecule has 26 heavy (non-hydrogen) atoms. The molecule has 2 N–H and O–H groups in total. The molecule has 0 bridgehead atoms. The van der Waals surface area contributed by atoms with Crippen molar-refractivity contribution in [1.29, 1.82) is 0 Å². The molecule has 0 heterocycles. The van der Waals surface area contributed by atoms with Crippen molar-refractivity contribution in [3.05, 3.63) is 63.2 Å². The van der Waals surface area contributed by atoms with Crippen LogP contribution in [0.15, 0.2) is 36.4 Å². The Morgan fingerprint density at radius 2 is 1.69 bits per heavy atom. The van der Waals surface area contributed by atoms with E-state index in [1.807, 2.05) is 0 Å². The van der Waals surface area contributed by atoms with Crippen molar-refractivity contribution in [2.75, 3.05) is 17.2 Å². The average molecular weight is 357 g/mol. The summed E-state index contributed by atoms with van der Waals surface area (Å²) in [6.45, 7) is 5.21. The molecule has 0 saturated carbocycles. The molecule has 8 nitrogen and oxygen atoms in total. The first-order valence-electron chi connectivity index (χ1n) is 7.93. The Labute approximate surface area is 150 Å². The fraction of sp³-hybridized carbons (Fsp3) is 0.222. The van der Waals surface area contributed by atoms with Gasteiger partial charge in [-0.3, -0.25) is 20.2 Å². The summed E-state index contributed by atoms with van der Waals surface area (Å²) in [4.78, 5) is 34.8. The van der Waals surface area contributed by atoms with Gasteiger partial charge in [0.05, 0.1) is 11.5 Å². The molecule has 0 spiro atoms. The van der Waals surface area contributed by atoms with Gasteiger partial charge < -0.3 is 10.1 Å². The lowest BCUT2D eigenvalue weighted by atomic mass is 10.1. The zero-order chi connectivity index (χ0) is 19.3. The quantitative estimate of drug-likeness (QED) is 0.620. The monoisotopic (exact) mass is 357 g/mol. The molecule has 2 aromatic carbocycles. The number of para-hydroxylation sites is 1. The summed E-state index contributed by atoms with van der Waals surface area (Å²) in [6.07, 6.45) is -0.603. The van der Waals surface area contributed by atoms with Crippen LogP contribution in [0.1, 0.15) is 28.4 Å². The molecule has 0 saturated heterocycles. The summed E-state index contributed by atoms with van der Waals surface area (Å²) < 4.78 is 4.83. The van der Waals surface area contributed by atoms with Gasteiger partial charge in [0.1, 0.15) is 5.56 Å². The first-order chi connectivity index (χ1) is 12.3. The number of amides is 2. The minimum atomic E-state index is -0.603. The summed E-state index contributed by atoms with van der Waals surface area (Å²) in [6, 6.07) is 9.51. The summed E-state index contributed by atoms with van der Waals surface area (Å²) in [7, 11) is 0. The van der Waals surface area contributed by atoms with Gasteiger partial charge in [-0.1, -0.05) is 18.2 Å². The summed E-state index contributed by atoms with van der Waals surface area (Å²) >= 11 is 0. The molecule has 0 atom stereocenters. The Balaban J connectivity index is 2.30. The van der Waals surface area contributed by atoms with Gasteiger partial charge in [-0.15, -0.1) is 0 Å². The van der Waals surface area contributed by atoms with Crippen LogP contribution < -0.4 is 10.6 Å². The van der Waals surface area contributed by atoms with Crippen molar-refractivity contribution in [3.63, 3.8) is 0 Å². The van der Waals surface area contributed by atoms with Crippen LogP contribution in [0, 0.1) is 24.0 Å². The lowest BCUT2D eigenvalue weighted by Crippen LogP contribution is -2.17. The maximum Gasteiger partial charge on any atom is 0.411 e. The van der Waals surface area contributed by atoms with E-state index in [-0.39, 0.29) is 17.9 Å². The number of nitro benzene ring substituents is 1. The largest absolute Gasteiger partial charge is 0.450 e. The maximum absolute atomic E-state index is 12.6. The predicted molar refractivity (Wildman–Crippen MR) is 97.6 cm³/mol. The summed E-state index contributed by atoms with van der Waals surface area (Å²) in [5.74, 6) is -0.600. The fourth-order valence-corrected chi connectivity index (χ4v) is 2.46. The van der Waals surface area contributed by atoms with Gasteiger partial charge in [0.25, 0.3) is 11.6 Å². The van der Waals surface area contributed by atoms with Crippen LogP contribution in [0.2, 0.25) is 0 Å². The Kier molecular flexibility index (Phi) is 5.90. The molecule has 0 radical (unpaired) electrons. The highest BCUT2D eigenvalue weighted by molar-refractivity contribution is 6.08. The minimum absolute atomic E-state index is 0.0295. The van der Waals surface area contributed by atoms with Gasteiger partial charge in [0.15, 0.2) is 0 Å². The highest BCUT2D eigenvalue weighted by Gasteiger charge is 2.23. The standard InChI is InChI=1S/C18H19N3O5/c1-4-26-18(23)20-15-10-6-9-14(12(15)3)19-17(22)13-8-5-7-11(2)16(13)21(24)25/h5-10H,4H2,1-3H3,(H,19,22)(H,20,23). The Hall–Kier alpha value is -3.42. The van der Waals surface area contributed by atoms with E-state index in [4.69, 9.17) is 4.74 Å². The maximum atomic E-state index is 12.6. The number of hydrogen-bond donors (Lipinski definition) is 2. The molecular weight excluding hydrogens is 338 g/mol. The smallest absolute Gasteiger partial charge is 0.411 e. The SMILES string of the molecule is CCOC(=O)Nc1cccc(NC(=O)c2cccc(C)c2[N+](=O)[O-])c1C. The first-order valence-corrected chi connectivity index (χ1v) is 7.93. The van der Waals surface area contributed by atoms with Gasteiger partial charge in [0, 0.05) is 16.9 Å². The van der Waals surface area contributed by atoms with E-state index in [1.165, 1.54) is 6.07 Å². The van der Waals surface area contributed by atoms with Crippen LogP contribution in [-0.4, -0.2) is 23.5 Å². The minimum Gasteiger partial charge on any atom is -0.450 e. The number of nitrogens with one attached hydrogen (secondary N) is 2. The molecule has 0 aliphatic carbocycles. The van der Waals surface area contributed by atoms with E-state index in [0.29, 0.717) is 22.5 Å². The number of benzene rings is 2. The fourth-order valence-electron chi connectivity index (χ4n) is 2.46. The molecule has 0 aliphatic rings.